The largest absolute Gasteiger partial charge is 0.353 e. The molecule has 0 saturated carbocycles. The molecule has 0 aliphatic heterocycles. The number of aliphatic imine (C=N–C) groups is 1. The van der Waals surface area contributed by atoms with Crippen LogP contribution in [-0.4, -0.2) is 19.6 Å². The molecule has 2 N–H and O–H groups in total. The fourth-order valence-electron chi connectivity index (χ4n) is 1.18. The van der Waals surface area contributed by atoms with Crippen LogP contribution in [0.1, 0.15) is 5.56 Å². The summed E-state index contributed by atoms with van der Waals surface area (Å²) in [7, 11) is 1.70. The van der Waals surface area contributed by atoms with Crippen LogP contribution in [-0.2, 0) is 6.54 Å². The molecule has 0 aliphatic rings. The molecule has 0 amide bonds. The number of halogens is 2. The summed E-state index contributed by atoms with van der Waals surface area (Å²) < 4.78 is 12.7. The Bertz CT molecular complexity index is 363. The van der Waals surface area contributed by atoms with Crippen molar-refractivity contribution >= 4 is 29.9 Å². The molecule has 0 bridgehead atoms. The lowest BCUT2D eigenvalue weighted by Gasteiger charge is -2.10. The van der Waals surface area contributed by atoms with Crippen molar-refractivity contribution in [2.75, 3.05) is 13.6 Å². The molecule has 0 aromatic heterocycles. The highest BCUT2D eigenvalue weighted by molar-refractivity contribution is 14.0. The zero-order valence-electron chi connectivity index (χ0n) is 9.74. The van der Waals surface area contributed by atoms with E-state index < -0.39 is 0 Å². The summed E-state index contributed by atoms with van der Waals surface area (Å²) in [5, 5.41) is 6.16. The Labute approximate surface area is 118 Å². The molecule has 0 spiro atoms. The smallest absolute Gasteiger partial charge is 0.191 e. The van der Waals surface area contributed by atoms with Crippen LogP contribution < -0.4 is 10.6 Å². The number of benzene rings is 1. The first-order valence-corrected chi connectivity index (χ1v) is 5.06. The average Bonchev–Trinajstić information content (AvgIpc) is 2.32. The van der Waals surface area contributed by atoms with E-state index in [4.69, 9.17) is 0 Å². The minimum Gasteiger partial charge on any atom is -0.353 e. The molecule has 1 rings (SSSR count). The van der Waals surface area contributed by atoms with Crippen molar-refractivity contribution in [3.8, 4) is 0 Å². The normalized spacial score (nSPS) is 10.4. The summed E-state index contributed by atoms with van der Waals surface area (Å²) in [5.74, 6) is 0.474. The van der Waals surface area contributed by atoms with E-state index in [0.29, 0.717) is 19.0 Å². The van der Waals surface area contributed by atoms with E-state index in [1.54, 1.807) is 25.3 Å². The molecule has 0 radical (unpaired) electrons. The molecule has 94 valence electrons. The first-order valence-electron chi connectivity index (χ1n) is 5.06. The first-order chi connectivity index (χ1) is 7.76. The van der Waals surface area contributed by atoms with E-state index in [0.717, 1.165) is 5.56 Å². The van der Waals surface area contributed by atoms with E-state index in [1.807, 2.05) is 0 Å². The highest BCUT2D eigenvalue weighted by Crippen LogP contribution is 2.01. The Morgan fingerprint density at radius 3 is 2.53 bits per heavy atom. The Morgan fingerprint density at radius 2 is 2.00 bits per heavy atom. The zero-order chi connectivity index (χ0) is 11.8. The standard InChI is InChI=1S/C12H16FN3.HI/c1-3-8-15-12(14-2)16-9-10-4-6-11(13)7-5-10;/h3-7H,1,8-9H2,2H3,(H2,14,15,16);1H. The van der Waals surface area contributed by atoms with Crippen LogP contribution in [0.4, 0.5) is 4.39 Å². The summed E-state index contributed by atoms with van der Waals surface area (Å²) in [5.41, 5.74) is 1.00. The van der Waals surface area contributed by atoms with Gasteiger partial charge in [-0.2, -0.15) is 0 Å². The Kier molecular flexibility index (Phi) is 8.39. The Hall–Kier alpha value is -1.11. The van der Waals surface area contributed by atoms with E-state index in [9.17, 15) is 4.39 Å². The Balaban J connectivity index is 0.00000256. The SMILES string of the molecule is C=CCNC(=NC)NCc1ccc(F)cc1.I. The molecule has 1 aromatic carbocycles. The molecule has 0 saturated heterocycles. The number of rotatable bonds is 4. The van der Waals surface area contributed by atoms with Crippen LogP contribution in [0.15, 0.2) is 41.9 Å². The maximum atomic E-state index is 12.7. The molecule has 0 fully saturated rings. The van der Waals surface area contributed by atoms with Crippen molar-refractivity contribution in [3.05, 3.63) is 48.3 Å². The van der Waals surface area contributed by atoms with Gasteiger partial charge in [0, 0.05) is 20.1 Å². The van der Waals surface area contributed by atoms with Gasteiger partial charge in [-0.25, -0.2) is 4.39 Å². The second kappa shape index (κ2) is 8.98. The van der Waals surface area contributed by atoms with Crippen LogP contribution in [0, 0.1) is 5.82 Å². The molecule has 0 atom stereocenters. The molecule has 5 heteroatoms. The summed E-state index contributed by atoms with van der Waals surface area (Å²) in [6, 6.07) is 6.36. The van der Waals surface area contributed by atoms with Gasteiger partial charge in [0.2, 0.25) is 0 Å². The zero-order valence-corrected chi connectivity index (χ0v) is 12.1. The predicted octanol–water partition coefficient (Wildman–Crippen LogP) is 2.29. The molecular weight excluding hydrogens is 332 g/mol. The van der Waals surface area contributed by atoms with E-state index in [1.165, 1.54) is 12.1 Å². The van der Waals surface area contributed by atoms with Crippen molar-refractivity contribution in [2.24, 2.45) is 4.99 Å². The molecule has 0 heterocycles. The van der Waals surface area contributed by atoms with E-state index >= 15 is 0 Å². The minimum absolute atomic E-state index is 0. The fourth-order valence-corrected chi connectivity index (χ4v) is 1.18. The number of nitrogens with zero attached hydrogens (tertiary/aromatic N) is 1. The van der Waals surface area contributed by atoms with Crippen molar-refractivity contribution in [1.82, 2.24) is 10.6 Å². The van der Waals surface area contributed by atoms with Gasteiger partial charge < -0.3 is 10.6 Å². The number of hydrogen-bond acceptors (Lipinski definition) is 1. The van der Waals surface area contributed by atoms with Crippen LogP contribution >= 0.6 is 24.0 Å². The van der Waals surface area contributed by atoms with Crippen molar-refractivity contribution in [2.45, 2.75) is 6.54 Å². The monoisotopic (exact) mass is 349 g/mol. The van der Waals surface area contributed by atoms with Gasteiger partial charge in [-0.1, -0.05) is 18.2 Å². The lowest BCUT2D eigenvalue weighted by atomic mass is 10.2. The second-order valence-corrected chi connectivity index (χ2v) is 3.22. The van der Waals surface area contributed by atoms with Gasteiger partial charge in [0.15, 0.2) is 5.96 Å². The van der Waals surface area contributed by atoms with Crippen molar-refractivity contribution in [3.63, 3.8) is 0 Å². The third kappa shape index (κ3) is 6.25. The van der Waals surface area contributed by atoms with Gasteiger partial charge in [0.1, 0.15) is 5.82 Å². The van der Waals surface area contributed by atoms with Gasteiger partial charge in [0.25, 0.3) is 0 Å². The van der Waals surface area contributed by atoms with Crippen LogP contribution in [0.2, 0.25) is 0 Å². The minimum atomic E-state index is -0.224. The maximum Gasteiger partial charge on any atom is 0.191 e. The number of nitrogens with one attached hydrogen (secondary N) is 2. The fraction of sp³-hybridized carbons (Fsp3) is 0.250. The van der Waals surface area contributed by atoms with Gasteiger partial charge >= 0.3 is 0 Å². The van der Waals surface area contributed by atoms with E-state index in [-0.39, 0.29) is 29.8 Å². The van der Waals surface area contributed by atoms with Crippen molar-refractivity contribution < 1.29 is 4.39 Å². The van der Waals surface area contributed by atoms with Gasteiger partial charge in [0.05, 0.1) is 0 Å². The van der Waals surface area contributed by atoms with Gasteiger partial charge in [-0.15, -0.1) is 30.6 Å². The second-order valence-electron chi connectivity index (χ2n) is 3.22. The molecular formula is C12H17FIN3. The maximum absolute atomic E-state index is 12.7. The number of hydrogen-bond donors (Lipinski definition) is 2. The summed E-state index contributed by atoms with van der Waals surface area (Å²) in [6.07, 6.45) is 1.75. The molecule has 0 aliphatic carbocycles. The third-order valence-electron chi connectivity index (χ3n) is 2.01. The third-order valence-corrected chi connectivity index (χ3v) is 2.01. The van der Waals surface area contributed by atoms with Crippen LogP contribution in [0.25, 0.3) is 0 Å². The Morgan fingerprint density at radius 1 is 1.35 bits per heavy atom. The quantitative estimate of drug-likeness (QED) is 0.379. The summed E-state index contributed by atoms with van der Waals surface area (Å²) in [6.45, 7) is 4.87. The number of guanidine groups is 1. The average molecular weight is 349 g/mol. The summed E-state index contributed by atoms with van der Waals surface area (Å²) in [4.78, 5) is 4.03. The lowest BCUT2D eigenvalue weighted by Crippen LogP contribution is -2.36. The molecule has 17 heavy (non-hydrogen) atoms. The van der Waals surface area contributed by atoms with Gasteiger partial charge in [-0.05, 0) is 17.7 Å². The summed E-state index contributed by atoms with van der Waals surface area (Å²) >= 11 is 0. The van der Waals surface area contributed by atoms with Gasteiger partial charge in [-0.3, -0.25) is 4.99 Å². The van der Waals surface area contributed by atoms with E-state index in [2.05, 4.69) is 22.2 Å². The van der Waals surface area contributed by atoms with Crippen LogP contribution in [0.3, 0.4) is 0 Å². The lowest BCUT2D eigenvalue weighted by molar-refractivity contribution is 0.626. The topological polar surface area (TPSA) is 36.4 Å². The highest BCUT2D eigenvalue weighted by Gasteiger charge is 1.96. The molecule has 1 aromatic rings. The van der Waals surface area contributed by atoms with Crippen LogP contribution in [0.5, 0.6) is 0 Å². The predicted molar refractivity (Wildman–Crippen MR) is 80.2 cm³/mol. The first kappa shape index (κ1) is 15.9. The van der Waals surface area contributed by atoms with Crippen molar-refractivity contribution in [1.29, 1.82) is 0 Å². The molecule has 0 unspecified atom stereocenters. The highest BCUT2D eigenvalue weighted by atomic mass is 127. The molecule has 3 nitrogen and oxygen atoms in total.